The van der Waals surface area contributed by atoms with Crippen molar-refractivity contribution in [3.8, 4) is 0 Å². The van der Waals surface area contributed by atoms with Gasteiger partial charge in [-0.2, -0.15) is 0 Å². The Balaban J connectivity index is 1.79. The summed E-state index contributed by atoms with van der Waals surface area (Å²) in [5.41, 5.74) is 15.7. The molecule has 4 nitrogen and oxygen atoms in total. The molecule has 0 bridgehead atoms. The molecule has 0 saturated heterocycles. The van der Waals surface area contributed by atoms with Crippen LogP contribution in [0.4, 0.5) is 11.4 Å². The Hall–Kier alpha value is -2.82. The standard InChI is InChI=1S/C20H20N2O2/c21-17-9-5-15(6-10-17)19(23)13-1-2-14(4-3-13)20(24)16-7-11-18(22)12-8-16/h1-12,19-20,23-24H,21-22H2. The fourth-order valence-electron chi connectivity index (χ4n) is 2.60. The normalized spacial score (nSPS) is 13.4. The van der Waals surface area contributed by atoms with Gasteiger partial charge >= 0.3 is 0 Å². The van der Waals surface area contributed by atoms with Gasteiger partial charge in [0.2, 0.25) is 0 Å². The number of benzene rings is 3. The predicted molar refractivity (Wildman–Crippen MR) is 96.3 cm³/mol. The molecule has 3 aromatic carbocycles. The Labute approximate surface area is 141 Å². The molecule has 2 unspecified atom stereocenters. The lowest BCUT2D eigenvalue weighted by atomic mass is 9.96. The second-order valence-corrected chi connectivity index (χ2v) is 5.81. The Morgan fingerprint density at radius 2 is 0.667 bits per heavy atom. The fourth-order valence-corrected chi connectivity index (χ4v) is 2.60. The zero-order valence-corrected chi connectivity index (χ0v) is 13.1. The van der Waals surface area contributed by atoms with Gasteiger partial charge in [0.1, 0.15) is 12.2 Å². The molecule has 3 rings (SSSR count). The van der Waals surface area contributed by atoms with Crippen LogP contribution in [-0.4, -0.2) is 10.2 Å². The highest BCUT2D eigenvalue weighted by Crippen LogP contribution is 2.27. The molecular formula is C20H20N2O2. The summed E-state index contributed by atoms with van der Waals surface area (Å²) in [5, 5.41) is 20.9. The maximum atomic E-state index is 10.4. The van der Waals surface area contributed by atoms with Gasteiger partial charge in [-0.05, 0) is 46.5 Å². The van der Waals surface area contributed by atoms with Crippen molar-refractivity contribution in [1.82, 2.24) is 0 Å². The second-order valence-electron chi connectivity index (χ2n) is 5.81. The number of rotatable bonds is 4. The molecule has 0 saturated carbocycles. The predicted octanol–water partition coefficient (Wildman–Crippen LogP) is 3.01. The van der Waals surface area contributed by atoms with E-state index in [9.17, 15) is 10.2 Å². The molecule has 3 aromatic rings. The number of nitrogens with two attached hydrogens (primary N) is 2. The first-order valence-electron chi connectivity index (χ1n) is 7.71. The first kappa shape index (κ1) is 16.1. The summed E-state index contributed by atoms with van der Waals surface area (Å²) in [4.78, 5) is 0. The van der Waals surface area contributed by atoms with Crippen molar-refractivity contribution >= 4 is 11.4 Å². The van der Waals surface area contributed by atoms with Crippen LogP contribution in [0.3, 0.4) is 0 Å². The van der Waals surface area contributed by atoms with Crippen LogP contribution in [0.5, 0.6) is 0 Å². The molecule has 0 aliphatic carbocycles. The summed E-state index contributed by atoms with van der Waals surface area (Å²) in [6.45, 7) is 0. The van der Waals surface area contributed by atoms with E-state index in [4.69, 9.17) is 11.5 Å². The number of nitrogen functional groups attached to an aromatic ring is 2. The van der Waals surface area contributed by atoms with Crippen LogP contribution in [0.25, 0.3) is 0 Å². The lowest BCUT2D eigenvalue weighted by molar-refractivity contribution is 0.216. The molecule has 0 aliphatic heterocycles. The zero-order valence-electron chi connectivity index (χ0n) is 13.1. The van der Waals surface area contributed by atoms with Crippen molar-refractivity contribution < 1.29 is 10.2 Å². The van der Waals surface area contributed by atoms with Crippen LogP contribution in [0.2, 0.25) is 0 Å². The van der Waals surface area contributed by atoms with Gasteiger partial charge in [-0.1, -0.05) is 48.5 Å². The Morgan fingerprint density at radius 1 is 0.458 bits per heavy atom. The van der Waals surface area contributed by atoms with E-state index in [1.807, 2.05) is 24.3 Å². The summed E-state index contributed by atoms with van der Waals surface area (Å²) in [6.07, 6.45) is -1.46. The lowest BCUT2D eigenvalue weighted by Gasteiger charge is -2.15. The molecule has 122 valence electrons. The van der Waals surface area contributed by atoms with E-state index in [0.29, 0.717) is 11.4 Å². The van der Waals surface area contributed by atoms with Gasteiger partial charge in [0.25, 0.3) is 0 Å². The molecule has 2 atom stereocenters. The zero-order chi connectivity index (χ0) is 17.1. The molecule has 6 N–H and O–H groups in total. The van der Waals surface area contributed by atoms with E-state index in [0.717, 1.165) is 22.3 Å². The third-order valence-corrected chi connectivity index (χ3v) is 4.07. The third kappa shape index (κ3) is 3.40. The first-order valence-corrected chi connectivity index (χ1v) is 7.71. The van der Waals surface area contributed by atoms with Gasteiger partial charge in [-0.3, -0.25) is 0 Å². The number of hydrogen-bond donors (Lipinski definition) is 4. The summed E-state index contributed by atoms with van der Waals surface area (Å²) in [6, 6.07) is 21.5. The van der Waals surface area contributed by atoms with Crippen molar-refractivity contribution in [3.63, 3.8) is 0 Å². The van der Waals surface area contributed by atoms with E-state index in [1.54, 1.807) is 48.5 Å². The van der Waals surface area contributed by atoms with Gasteiger partial charge in [0.15, 0.2) is 0 Å². The first-order chi connectivity index (χ1) is 11.5. The fraction of sp³-hybridized carbons (Fsp3) is 0.100. The topological polar surface area (TPSA) is 92.5 Å². The van der Waals surface area contributed by atoms with Crippen molar-refractivity contribution in [3.05, 3.63) is 95.1 Å². The van der Waals surface area contributed by atoms with Crippen molar-refractivity contribution in [2.75, 3.05) is 11.5 Å². The smallest absolute Gasteiger partial charge is 0.104 e. The van der Waals surface area contributed by atoms with Crippen LogP contribution < -0.4 is 11.5 Å². The van der Waals surface area contributed by atoms with Gasteiger partial charge in [0, 0.05) is 11.4 Å². The molecule has 0 aromatic heterocycles. The van der Waals surface area contributed by atoms with Gasteiger partial charge in [-0.25, -0.2) is 0 Å². The molecule has 0 heterocycles. The lowest BCUT2D eigenvalue weighted by Crippen LogP contribution is -2.03. The second kappa shape index (κ2) is 6.74. The van der Waals surface area contributed by atoms with E-state index in [-0.39, 0.29) is 0 Å². The van der Waals surface area contributed by atoms with Crippen molar-refractivity contribution in [2.24, 2.45) is 0 Å². The van der Waals surface area contributed by atoms with Crippen molar-refractivity contribution in [1.29, 1.82) is 0 Å². The van der Waals surface area contributed by atoms with E-state index in [2.05, 4.69) is 0 Å². The molecule has 0 fully saturated rings. The highest BCUT2D eigenvalue weighted by atomic mass is 16.3. The molecule has 4 heteroatoms. The maximum absolute atomic E-state index is 10.4. The van der Waals surface area contributed by atoms with Crippen LogP contribution >= 0.6 is 0 Å². The summed E-state index contributed by atoms with van der Waals surface area (Å²) in [7, 11) is 0. The Morgan fingerprint density at radius 3 is 0.917 bits per heavy atom. The largest absolute Gasteiger partial charge is 0.399 e. The van der Waals surface area contributed by atoms with E-state index in [1.165, 1.54) is 0 Å². The monoisotopic (exact) mass is 320 g/mol. The Kier molecular flexibility index (Phi) is 4.51. The van der Waals surface area contributed by atoms with Crippen LogP contribution in [0, 0.1) is 0 Å². The Bertz CT molecular complexity index is 726. The average molecular weight is 320 g/mol. The van der Waals surface area contributed by atoms with E-state index < -0.39 is 12.2 Å². The SMILES string of the molecule is Nc1ccc(C(O)c2ccc(C(O)c3ccc(N)cc3)cc2)cc1. The average Bonchev–Trinajstić information content (AvgIpc) is 2.62. The minimum absolute atomic E-state index is 0.660. The summed E-state index contributed by atoms with van der Waals surface area (Å²) >= 11 is 0. The number of hydrogen-bond acceptors (Lipinski definition) is 4. The number of anilines is 2. The molecular weight excluding hydrogens is 300 g/mol. The molecule has 0 spiro atoms. The van der Waals surface area contributed by atoms with Crippen LogP contribution in [0.1, 0.15) is 34.5 Å². The highest BCUT2D eigenvalue weighted by molar-refractivity contribution is 5.44. The summed E-state index contributed by atoms with van der Waals surface area (Å²) in [5.74, 6) is 0. The quantitative estimate of drug-likeness (QED) is 0.556. The molecule has 0 aliphatic rings. The van der Waals surface area contributed by atoms with Gasteiger partial charge < -0.3 is 21.7 Å². The van der Waals surface area contributed by atoms with Crippen molar-refractivity contribution in [2.45, 2.75) is 12.2 Å². The van der Waals surface area contributed by atoms with Gasteiger partial charge in [-0.15, -0.1) is 0 Å². The molecule has 24 heavy (non-hydrogen) atoms. The minimum Gasteiger partial charge on any atom is -0.399 e. The number of aliphatic hydroxyl groups is 2. The number of aliphatic hydroxyl groups excluding tert-OH is 2. The van der Waals surface area contributed by atoms with Crippen LogP contribution in [0.15, 0.2) is 72.8 Å². The van der Waals surface area contributed by atoms with Crippen LogP contribution in [-0.2, 0) is 0 Å². The maximum Gasteiger partial charge on any atom is 0.104 e. The minimum atomic E-state index is -0.728. The molecule has 0 radical (unpaired) electrons. The summed E-state index contributed by atoms with van der Waals surface area (Å²) < 4.78 is 0. The third-order valence-electron chi connectivity index (χ3n) is 4.07. The highest BCUT2D eigenvalue weighted by Gasteiger charge is 2.13. The molecule has 0 amide bonds. The van der Waals surface area contributed by atoms with E-state index >= 15 is 0 Å². The van der Waals surface area contributed by atoms with Gasteiger partial charge in [0.05, 0.1) is 0 Å².